The van der Waals surface area contributed by atoms with Crippen LogP contribution in [0.3, 0.4) is 0 Å². The molecule has 0 atom stereocenters. The van der Waals surface area contributed by atoms with Gasteiger partial charge in [-0.25, -0.2) is 0 Å². The van der Waals surface area contributed by atoms with Gasteiger partial charge in [-0.2, -0.15) is 0 Å². The number of carboxylic acid groups (broad SMARTS) is 1. The number of halogens is 1. The number of hydrogen-bond donors (Lipinski definition) is 2. The Balaban J connectivity index is 1.98. The fraction of sp³-hybridized carbons (Fsp3) is 0.118. The average molecular weight is 332 g/mol. The van der Waals surface area contributed by atoms with E-state index in [2.05, 4.69) is 4.98 Å². The second-order valence-corrected chi connectivity index (χ2v) is 6.55. The molecule has 0 spiro atoms. The lowest BCUT2D eigenvalue weighted by Gasteiger charge is -2.04. The number of H-pyrrole nitrogens is 1. The van der Waals surface area contributed by atoms with Gasteiger partial charge in [-0.05, 0) is 30.7 Å². The van der Waals surface area contributed by atoms with Gasteiger partial charge in [0.25, 0.3) is 0 Å². The summed E-state index contributed by atoms with van der Waals surface area (Å²) >= 11 is 7.84. The molecule has 0 saturated heterocycles. The summed E-state index contributed by atoms with van der Waals surface area (Å²) in [5.74, 6) is -0.822. The predicted molar refractivity (Wildman–Crippen MR) is 90.0 cm³/mol. The second-order valence-electron chi connectivity index (χ2n) is 5.06. The SMILES string of the molecule is Cc1[nH]c2c(Cl)cccc2c1Sc1cccc(CC(=O)O)c1. The van der Waals surface area contributed by atoms with Crippen molar-refractivity contribution in [3.63, 3.8) is 0 Å². The Bertz CT molecular complexity index is 857. The van der Waals surface area contributed by atoms with Crippen LogP contribution in [0.1, 0.15) is 11.3 Å². The first-order chi connectivity index (χ1) is 10.5. The molecule has 0 fully saturated rings. The van der Waals surface area contributed by atoms with E-state index in [9.17, 15) is 4.79 Å². The largest absolute Gasteiger partial charge is 0.481 e. The standard InChI is InChI=1S/C17H14ClNO2S/c1-10-17(13-6-3-7-14(18)16(13)19-10)22-12-5-2-4-11(8-12)9-15(20)21/h2-8,19H,9H2,1H3,(H,20,21). The molecule has 3 nitrogen and oxygen atoms in total. The average Bonchev–Trinajstić information content (AvgIpc) is 2.77. The fourth-order valence-electron chi connectivity index (χ4n) is 2.43. The Hall–Kier alpha value is -1.91. The number of aromatic amines is 1. The van der Waals surface area contributed by atoms with Gasteiger partial charge < -0.3 is 10.1 Å². The van der Waals surface area contributed by atoms with E-state index in [1.807, 2.05) is 49.4 Å². The lowest BCUT2D eigenvalue weighted by Crippen LogP contribution is -1.99. The third-order valence-electron chi connectivity index (χ3n) is 3.39. The number of hydrogen-bond acceptors (Lipinski definition) is 2. The van der Waals surface area contributed by atoms with Gasteiger partial charge in [0.05, 0.1) is 17.0 Å². The van der Waals surface area contributed by atoms with Crippen molar-refractivity contribution in [2.45, 2.75) is 23.1 Å². The molecule has 2 aromatic carbocycles. The van der Waals surface area contributed by atoms with Crippen LogP contribution >= 0.6 is 23.4 Å². The van der Waals surface area contributed by atoms with E-state index >= 15 is 0 Å². The predicted octanol–water partition coefficient (Wildman–Crippen LogP) is 4.91. The van der Waals surface area contributed by atoms with Crippen LogP contribution in [0.2, 0.25) is 5.02 Å². The third kappa shape index (κ3) is 2.98. The van der Waals surface area contributed by atoms with Crippen molar-refractivity contribution in [2.75, 3.05) is 0 Å². The summed E-state index contributed by atoms with van der Waals surface area (Å²) in [6, 6.07) is 13.5. The molecule has 112 valence electrons. The highest BCUT2D eigenvalue weighted by Crippen LogP contribution is 2.38. The molecule has 0 amide bonds. The Kier molecular flexibility index (Phi) is 4.14. The van der Waals surface area contributed by atoms with E-state index in [-0.39, 0.29) is 6.42 Å². The van der Waals surface area contributed by atoms with Crippen molar-refractivity contribution in [3.8, 4) is 0 Å². The molecule has 0 aliphatic carbocycles. The quantitative estimate of drug-likeness (QED) is 0.714. The molecule has 3 aromatic rings. The van der Waals surface area contributed by atoms with Crippen molar-refractivity contribution in [1.29, 1.82) is 0 Å². The van der Waals surface area contributed by atoms with Crippen LogP contribution in [0.5, 0.6) is 0 Å². The van der Waals surface area contributed by atoms with Gasteiger partial charge in [-0.3, -0.25) is 4.79 Å². The number of carbonyl (C=O) groups is 1. The molecule has 0 aliphatic rings. The van der Waals surface area contributed by atoms with Crippen LogP contribution in [0.25, 0.3) is 10.9 Å². The number of aryl methyl sites for hydroxylation is 1. The Morgan fingerprint density at radius 3 is 2.82 bits per heavy atom. The Morgan fingerprint density at radius 2 is 2.05 bits per heavy atom. The summed E-state index contributed by atoms with van der Waals surface area (Å²) in [6.45, 7) is 2.01. The zero-order valence-corrected chi connectivity index (χ0v) is 13.5. The van der Waals surface area contributed by atoms with Crippen LogP contribution < -0.4 is 0 Å². The van der Waals surface area contributed by atoms with Gasteiger partial charge >= 0.3 is 5.97 Å². The number of carboxylic acids is 1. The smallest absolute Gasteiger partial charge is 0.307 e. The zero-order valence-electron chi connectivity index (χ0n) is 11.9. The summed E-state index contributed by atoms with van der Waals surface area (Å²) < 4.78 is 0. The van der Waals surface area contributed by atoms with Crippen molar-refractivity contribution >= 4 is 40.2 Å². The molecule has 5 heteroatoms. The number of nitrogens with one attached hydrogen (secondary N) is 1. The molecule has 1 heterocycles. The maximum atomic E-state index is 10.8. The van der Waals surface area contributed by atoms with E-state index in [0.717, 1.165) is 32.0 Å². The number of para-hydroxylation sites is 1. The zero-order chi connectivity index (χ0) is 15.7. The molecule has 1 aromatic heterocycles. The molecular weight excluding hydrogens is 318 g/mol. The van der Waals surface area contributed by atoms with E-state index < -0.39 is 5.97 Å². The van der Waals surface area contributed by atoms with Crippen molar-refractivity contribution in [2.24, 2.45) is 0 Å². The van der Waals surface area contributed by atoms with Gasteiger partial charge in [0, 0.05) is 20.9 Å². The Labute approximate surface area is 137 Å². The van der Waals surface area contributed by atoms with E-state index in [0.29, 0.717) is 5.02 Å². The monoisotopic (exact) mass is 331 g/mol. The molecule has 0 bridgehead atoms. The van der Waals surface area contributed by atoms with Gasteiger partial charge in [0.1, 0.15) is 0 Å². The molecular formula is C17H14ClNO2S. The maximum absolute atomic E-state index is 10.8. The minimum Gasteiger partial charge on any atom is -0.481 e. The highest BCUT2D eigenvalue weighted by molar-refractivity contribution is 7.99. The van der Waals surface area contributed by atoms with E-state index in [1.165, 1.54) is 0 Å². The molecule has 0 unspecified atom stereocenters. The molecule has 3 rings (SSSR count). The highest BCUT2D eigenvalue weighted by atomic mass is 35.5. The number of rotatable bonds is 4. The van der Waals surface area contributed by atoms with E-state index in [1.54, 1.807) is 11.8 Å². The molecule has 0 aliphatic heterocycles. The lowest BCUT2D eigenvalue weighted by atomic mass is 10.2. The minimum absolute atomic E-state index is 0.0348. The lowest BCUT2D eigenvalue weighted by molar-refractivity contribution is -0.136. The third-order valence-corrected chi connectivity index (χ3v) is 4.92. The second kappa shape index (κ2) is 6.07. The van der Waals surface area contributed by atoms with Crippen LogP contribution in [0.15, 0.2) is 52.3 Å². The summed E-state index contributed by atoms with van der Waals surface area (Å²) in [5.41, 5.74) is 2.79. The normalized spacial score (nSPS) is 11.0. The van der Waals surface area contributed by atoms with E-state index in [4.69, 9.17) is 16.7 Å². The van der Waals surface area contributed by atoms with Gasteiger partial charge in [0.2, 0.25) is 0 Å². The number of fused-ring (bicyclic) bond motifs is 1. The summed E-state index contributed by atoms with van der Waals surface area (Å²) in [6.07, 6.45) is 0.0348. The molecule has 0 saturated carbocycles. The molecule has 2 N–H and O–H groups in total. The number of aliphatic carboxylic acids is 1. The topological polar surface area (TPSA) is 53.1 Å². The van der Waals surface area contributed by atoms with Crippen molar-refractivity contribution < 1.29 is 9.90 Å². The first-order valence-corrected chi connectivity index (χ1v) is 7.99. The summed E-state index contributed by atoms with van der Waals surface area (Å²) in [7, 11) is 0. The molecule has 22 heavy (non-hydrogen) atoms. The van der Waals surface area contributed by atoms with Crippen LogP contribution in [0.4, 0.5) is 0 Å². The van der Waals surface area contributed by atoms with Crippen LogP contribution in [-0.2, 0) is 11.2 Å². The number of aromatic nitrogens is 1. The van der Waals surface area contributed by atoms with Crippen molar-refractivity contribution in [1.82, 2.24) is 4.98 Å². The summed E-state index contributed by atoms with van der Waals surface area (Å²) in [4.78, 5) is 16.3. The summed E-state index contributed by atoms with van der Waals surface area (Å²) in [5, 5.41) is 10.7. The Morgan fingerprint density at radius 1 is 1.27 bits per heavy atom. The van der Waals surface area contributed by atoms with Gasteiger partial charge in [0.15, 0.2) is 0 Å². The van der Waals surface area contributed by atoms with Crippen LogP contribution in [-0.4, -0.2) is 16.1 Å². The van der Waals surface area contributed by atoms with Gasteiger partial charge in [-0.1, -0.05) is 47.6 Å². The first kappa shape index (κ1) is 15.0. The molecule has 0 radical (unpaired) electrons. The van der Waals surface area contributed by atoms with Gasteiger partial charge in [-0.15, -0.1) is 0 Å². The van der Waals surface area contributed by atoms with Crippen molar-refractivity contribution in [3.05, 3.63) is 58.7 Å². The number of benzene rings is 2. The fourth-order valence-corrected chi connectivity index (χ4v) is 3.73. The minimum atomic E-state index is -0.822. The first-order valence-electron chi connectivity index (χ1n) is 6.80. The maximum Gasteiger partial charge on any atom is 0.307 e. The van der Waals surface area contributed by atoms with Crippen LogP contribution in [0, 0.1) is 6.92 Å². The highest BCUT2D eigenvalue weighted by Gasteiger charge is 2.12.